The molecule has 0 amide bonds. The molecule has 0 saturated carbocycles. The molecular formula is C7H13Cl2N2OPt+. The Kier molecular flexibility index (Phi) is 15.3. The molecule has 0 fully saturated rings. The minimum absolute atomic E-state index is 0. The van der Waals surface area contributed by atoms with Gasteiger partial charge in [0.15, 0.2) is 0 Å². The number of nitrogens with zero attached hydrogens (tertiary/aromatic N) is 1. The molecule has 6 heteroatoms. The van der Waals surface area contributed by atoms with Crippen LogP contribution in [0.2, 0.25) is 0 Å². The topological polar surface area (TPSA) is 69.3 Å². The summed E-state index contributed by atoms with van der Waals surface area (Å²) in [5, 5.41) is 12.6. The van der Waals surface area contributed by atoms with E-state index in [2.05, 4.69) is 5.32 Å². The molecule has 1 aliphatic heterocycles. The number of rotatable bonds is 2. The molecule has 0 aromatic carbocycles. The van der Waals surface area contributed by atoms with Gasteiger partial charge in [-0.1, -0.05) is 24.3 Å². The molecule has 1 rings (SSSR count). The summed E-state index contributed by atoms with van der Waals surface area (Å²) in [7, 11) is 9.75. The van der Waals surface area contributed by atoms with Crippen molar-refractivity contribution in [2.45, 2.75) is 12.5 Å². The fourth-order valence-corrected chi connectivity index (χ4v) is 0.755. The second-order valence-corrected chi connectivity index (χ2v) is 5.28. The number of hydrogen-bond acceptors (Lipinski definition) is 2. The van der Waals surface area contributed by atoms with Crippen LogP contribution in [0.4, 0.5) is 0 Å². The van der Waals surface area contributed by atoms with E-state index in [4.69, 9.17) is 23.9 Å². The van der Waals surface area contributed by atoms with Gasteiger partial charge in [0, 0.05) is 6.61 Å². The van der Waals surface area contributed by atoms with Crippen LogP contribution in [0.5, 0.6) is 0 Å². The Bertz CT molecular complexity index is 155. The van der Waals surface area contributed by atoms with E-state index in [1.54, 1.807) is 6.20 Å². The van der Waals surface area contributed by atoms with Crippen LogP contribution in [0, 0.1) is 0 Å². The van der Waals surface area contributed by atoms with Crippen LogP contribution in [0.15, 0.2) is 24.4 Å². The van der Waals surface area contributed by atoms with Gasteiger partial charge in [-0.25, -0.2) is 0 Å². The van der Waals surface area contributed by atoms with E-state index in [0.717, 1.165) is 6.42 Å². The quantitative estimate of drug-likeness (QED) is 0.740. The summed E-state index contributed by atoms with van der Waals surface area (Å²) >= 11 is -0.472. The van der Waals surface area contributed by atoms with Crippen molar-refractivity contribution < 1.29 is 21.6 Å². The molecule has 0 spiro atoms. The Labute approximate surface area is 95.2 Å². The fraction of sp³-hybridized carbons (Fsp3) is 0.429. The zero-order valence-electron chi connectivity index (χ0n) is 6.97. The monoisotopic (exact) mass is 406 g/mol. The van der Waals surface area contributed by atoms with Crippen molar-refractivity contribution in [2.75, 3.05) is 6.61 Å². The van der Waals surface area contributed by atoms with E-state index in [-0.39, 0.29) is 18.8 Å². The molecule has 1 heterocycles. The summed E-state index contributed by atoms with van der Waals surface area (Å²) in [6.07, 6.45) is 8.32. The maximum absolute atomic E-state index is 8.50. The summed E-state index contributed by atoms with van der Waals surface area (Å²) in [5.41, 5.74) is 0. The van der Waals surface area contributed by atoms with Crippen LogP contribution in [0.25, 0.3) is 5.32 Å². The van der Waals surface area contributed by atoms with Crippen LogP contribution in [0.1, 0.15) is 6.42 Å². The van der Waals surface area contributed by atoms with E-state index in [1.165, 1.54) is 0 Å². The molecule has 0 radical (unpaired) electrons. The van der Waals surface area contributed by atoms with Gasteiger partial charge in [-0.05, 0) is 6.42 Å². The summed E-state index contributed by atoms with van der Waals surface area (Å²) in [6, 6.07) is 0.208. The molecule has 80 valence electrons. The fourth-order valence-electron chi connectivity index (χ4n) is 0.755. The zero-order chi connectivity index (χ0) is 9.23. The SMILES string of the molecule is N.OCCC1C=CC=C[N-]1.[Cl][Pt+2][Cl]. The van der Waals surface area contributed by atoms with Crippen LogP contribution < -0.4 is 6.15 Å². The average Bonchev–Trinajstić information content (AvgIpc) is 2.08. The van der Waals surface area contributed by atoms with E-state index in [9.17, 15) is 0 Å². The summed E-state index contributed by atoms with van der Waals surface area (Å²) in [6.45, 7) is 0.215. The van der Waals surface area contributed by atoms with Crippen molar-refractivity contribution in [3.8, 4) is 0 Å². The Hall–Kier alpha value is 0.468. The van der Waals surface area contributed by atoms with Gasteiger partial charge in [-0.15, -0.1) is 0 Å². The molecule has 1 aliphatic rings. The van der Waals surface area contributed by atoms with Gasteiger partial charge >= 0.3 is 35.3 Å². The van der Waals surface area contributed by atoms with Gasteiger partial charge in [0.1, 0.15) is 0 Å². The molecular weight excluding hydrogens is 394 g/mol. The predicted octanol–water partition coefficient (Wildman–Crippen LogP) is 2.73. The molecule has 1 atom stereocenters. The third-order valence-electron chi connectivity index (χ3n) is 1.23. The summed E-state index contributed by atoms with van der Waals surface area (Å²) in [4.78, 5) is 0. The average molecular weight is 407 g/mol. The molecule has 0 aromatic rings. The van der Waals surface area contributed by atoms with E-state index in [1.807, 2.05) is 18.2 Å². The molecule has 0 aromatic heterocycles. The Morgan fingerprint density at radius 3 is 2.38 bits per heavy atom. The van der Waals surface area contributed by atoms with Crippen molar-refractivity contribution in [1.29, 1.82) is 0 Å². The Balaban J connectivity index is 0. The van der Waals surface area contributed by atoms with Gasteiger partial charge in [0.2, 0.25) is 0 Å². The molecule has 4 N–H and O–H groups in total. The Morgan fingerprint density at radius 1 is 1.38 bits per heavy atom. The van der Waals surface area contributed by atoms with Crippen LogP contribution in [-0.2, 0) is 16.5 Å². The van der Waals surface area contributed by atoms with Crippen molar-refractivity contribution in [3.05, 3.63) is 29.7 Å². The van der Waals surface area contributed by atoms with Gasteiger partial charge in [0.25, 0.3) is 0 Å². The number of aliphatic hydroxyl groups excluding tert-OH is 1. The first-order valence-electron chi connectivity index (χ1n) is 3.31. The van der Waals surface area contributed by atoms with Crippen molar-refractivity contribution in [1.82, 2.24) is 6.15 Å². The molecule has 3 nitrogen and oxygen atoms in total. The van der Waals surface area contributed by atoms with Gasteiger partial charge in [-0.3, -0.25) is 0 Å². The summed E-state index contributed by atoms with van der Waals surface area (Å²) < 4.78 is 0. The minimum atomic E-state index is -0.472. The number of allylic oxidation sites excluding steroid dienone is 2. The molecule has 0 bridgehead atoms. The third-order valence-corrected chi connectivity index (χ3v) is 1.23. The summed E-state index contributed by atoms with van der Waals surface area (Å²) in [5.74, 6) is 0. The van der Waals surface area contributed by atoms with Crippen LogP contribution in [-0.4, -0.2) is 17.8 Å². The van der Waals surface area contributed by atoms with Gasteiger partial charge in [-0.2, -0.15) is 6.20 Å². The second-order valence-electron chi connectivity index (χ2n) is 2.00. The first kappa shape index (κ1) is 15.9. The first-order chi connectivity index (χ1) is 5.85. The van der Waals surface area contributed by atoms with Crippen molar-refractivity contribution in [3.63, 3.8) is 0 Å². The maximum atomic E-state index is 8.50. The van der Waals surface area contributed by atoms with Crippen molar-refractivity contribution >= 4 is 18.8 Å². The normalized spacial score (nSPS) is 18.2. The standard InChI is InChI=1S/C7H10NO.2ClH.H3N.Pt/c9-6-4-7-3-1-2-5-8-7;;;;/h1-3,5,7,9H,4,6H2;2*1H;1H3;/q-1;;;;+4/p-2. The van der Waals surface area contributed by atoms with E-state index >= 15 is 0 Å². The molecule has 1 unspecified atom stereocenters. The number of aliphatic hydroxyl groups is 1. The third kappa shape index (κ3) is 10.4. The van der Waals surface area contributed by atoms with Crippen molar-refractivity contribution in [2.24, 2.45) is 0 Å². The Morgan fingerprint density at radius 2 is 2.00 bits per heavy atom. The second kappa shape index (κ2) is 12.5. The number of halogens is 2. The predicted molar refractivity (Wildman–Crippen MR) is 53.9 cm³/mol. The molecule has 0 saturated heterocycles. The van der Waals surface area contributed by atoms with Gasteiger partial charge in [0.05, 0.1) is 0 Å². The van der Waals surface area contributed by atoms with Gasteiger partial charge < -0.3 is 16.6 Å². The first-order valence-corrected chi connectivity index (χ1v) is 8.94. The molecule has 0 aliphatic carbocycles. The van der Waals surface area contributed by atoms with Crippen LogP contribution >= 0.6 is 18.8 Å². The van der Waals surface area contributed by atoms with E-state index < -0.39 is 16.5 Å². The molecule has 13 heavy (non-hydrogen) atoms. The van der Waals surface area contributed by atoms with Crippen LogP contribution in [0.3, 0.4) is 0 Å². The van der Waals surface area contributed by atoms with E-state index in [0.29, 0.717) is 0 Å². The zero-order valence-corrected chi connectivity index (χ0v) is 10.8. The number of hydrogen-bond donors (Lipinski definition) is 2.